The number of aromatic nitrogens is 1. The molecule has 162 valence electrons. The van der Waals surface area contributed by atoms with Crippen LogP contribution in [0.1, 0.15) is 15.9 Å². The van der Waals surface area contributed by atoms with Crippen molar-refractivity contribution in [2.75, 3.05) is 31.6 Å². The molecule has 1 saturated heterocycles. The van der Waals surface area contributed by atoms with Gasteiger partial charge in [0.1, 0.15) is 5.82 Å². The van der Waals surface area contributed by atoms with Crippen molar-refractivity contribution in [3.8, 4) is 0 Å². The van der Waals surface area contributed by atoms with Crippen LogP contribution >= 0.6 is 0 Å². The van der Waals surface area contributed by atoms with Crippen LogP contribution in [0, 0.1) is 12.7 Å². The maximum absolute atomic E-state index is 14.4. The number of hydrogen-bond donors (Lipinski definition) is 2. The summed E-state index contributed by atoms with van der Waals surface area (Å²) in [6, 6.07) is 9.46. The van der Waals surface area contributed by atoms with Crippen molar-refractivity contribution in [1.82, 2.24) is 9.29 Å². The van der Waals surface area contributed by atoms with E-state index in [0.717, 1.165) is 29.1 Å². The summed E-state index contributed by atoms with van der Waals surface area (Å²) in [7, 11) is -3.87. The molecule has 1 fully saturated rings. The van der Waals surface area contributed by atoms with E-state index < -0.39 is 21.7 Å². The lowest BCUT2D eigenvalue weighted by Gasteiger charge is -2.26. The molecular weight excluding hydrogens is 425 g/mol. The maximum atomic E-state index is 14.4. The maximum Gasteiger partial charge on any atom is 0.258 e. The van der Waals surface area contributed by atoms with Crippen molar-refractivity contribution >= 4 is 32.5 Å². The molecule has 2 aromatic carbocycles. The fourth-order valence-electron chi connectivity index (χ4n) is 3.47. The van der Waals surface area contributed by atoms with Crippen molar-refractivity contribution < 1.29 is 22.3 Å². The molecule has 1 amide bonds. The molecule has 0 radical (unpaired) electrons. The van der Waals surface area contributed by atoms with Gasteiger partial charge in [0.2, 0.25) is 15.6 Å². The fraction of sp³-hybridized carbons (Fsp3) is 0.238. The van der Waals surface area contributed by atoms with Crippen LogP contribution in [0.3, 0.4) is 0 Å². The molecule has 1 aliphatic heterocycles. The Kier molecular flexibility index (Phi) is 5.61. The zero-order valence-corrected chi connectivity index (χ0v) is 17.5. The summed E-state index contributed by atoms with van der Waals surface area (Å²) in [6.07, 6.45) is 0. The van der Waals surface area contributed by atoms with E-state index in [4.69, 9.17) is 4.74 Å². The predicted molar refractivity (Wildman–Crippen MR) is 113 cm³/mol. The van der Waals surface area contributed by atoms with Gasteiger partial charge in [0.25, 0.3) is 5.91 Å². The van der Waals surface area contributed by atoms with Gasteiger partial charge in [-0.05, 0) is 48.9 Å². The molecule has 1 aliphatic rings. The van der Waals surface area contributed by atoms with E-state index in [1.807, 2.05) is 0 Å². The van der Waals surface area contributed by atoms with E-state index in [-0.39, 0.29) is 42.3 Å². The zero-order chi connectivity index (χ0) is 22.2. The number of benzene rings is 2. The second-order valence-corrected chi connectivity index (χ2v) is 9.13. The molecule has 0 spiro atoms. The number of morpholine rings is 1. The standard InChI is InChI=1S/C21H20FN3O5S/c1-13-10-20(26)24-19-5-2-14(11-16(13)19)23-21(27)17-12-15(3-4-18(17)22)31(28,29)25-6-8-30-9-7-25/h2-5,10-12H,6-9H2,1H3,(H,23,27)(H,24,26). The summed E-state index contributed by atoms with van der Waals surface area (Å²) in [5.41, 5.74) is 1.09. The van der Waals surface area contributed by atoms with Crippen molar-refractivity contribution in [1.29, 1.82) is 0 Å². The van der Waals surface area contributed by atoms with E-state index in [0.29, 0.717) is 11.2 Å². The summed E-state index contributed by atoms with van der Waals surface area (Å²) in [5.74, 6) is -1.61. The van der Waals surface area contributed by atoms with E-state index in [1.54, 1.807) is 25.1 Å². The molecule has 0 unspecified atom stereocenters. The van der Waals surface area contributed by atoms with Crippen LogP contribution in [0.2, 0.25) is 0 Å². The highest BCUT2D eigenvalue weighted by atomic mass is 32.2. The largest absolute Gasteiger partial charge is 0.379 e. The average Bonchev–Trinajstić information content (AvgIpc) is 2.75. The molecule has 10 heteroatoms. The number of carbonyl (C=O) groups is 1. The predicted octanol–water partition coefficient (Wildman–Crippen LogP) is 2.25. The molecule has 0 bridgehead atoms. The summed E-state index contributed by atoms with van der Waals surface area (Å²) >= 11 is 0. The van der Waals surface area contributed by atoms with Gasteiger partial charge in [0, 0.05) is 35.7 Å². The van der Waals surface area contributed by atoms with Gasteiger partial charge in [-0.25, -0.2) is 12.8 Å². The van der Waals surface area contributed by atoms with E-state index in [2.05, 4.69) is 10.3 Å². The van der Waals surface area contributed by atoms with Gasteiger partial charge in [-0.1, -0.05) is 0 Å². The highest BCUT2D eigenvalue weighted by Crippen LogP contribution is 2.23. The number of carbonyl (C=O) groups excluding carboxylic acids is 1. The number of amides is 1. The monoisotopic (exact) mass is 445 g/mol. The number of nitrogens with one attached hydrogen (secondary N) is 2. The minimum absolute atomic E-state index is 0.159. The van der Waals surface area contributed by atoms with Crippen LogP contribution in [-0.4, -0.2) is 49.9 Å². The first-order valence-corrected chi connectivity index (χ1v) is 11.0. The number of nitrogens with zero attached hydrogens (tertiary/aromatic N) is 1. The van der Waals surface area contributed by atoms with E-state index in [9.17, 15) is 22.4 Å². The Hall–Kier alpha value is -3.08. The van der Waals surface area contributed by atoms with Gasteiger partial charge in [0.05, 0.1) is 23.7 Å². The van der Waals surface area contributed by atoms with Crippen molar-refractivity contribution in [2.24, 2.45) is 0 Å². The number of fused-ring (bicyclic) bond motifs is 1. The number of ether oxygens (including phenoxy) is 1. The normalized spacial score (nSPS) is 15.2. The van der Waals surface area contributed by atoms with Crippen LogP contribution in [0.15, 0.2) is 52.2 Å². The Morgan fingerprint density at radius 1 is 1.13 bits per heavy atom. The van der Waals surface area contributed by atoms with Gasteiger partial charge < -0.3 is 15.0 Å². The second-order valence-electron chi connectivity index (χ2n) is 7.19. The first-order valence-electron chi connectivity index (χ1n) is 9.58. The summed E-state index contributed by atoms with van der Waals surface area (Å²) < 4.78 is 46.5. The molecular formula is C21H20FN3O5S. The van der Waals surface area contributed by atoms with Crippen molar-refractivity contribution in [3.63, 3.8) is 0 Å². The molecule has 2 N–H and O–H groups in total. The zero-order valence-electron chi connectivity index (χ0n) is 16.6. The first kappa shape index (κ1) is 21.2. The quantitative estimate of drug-likeness (QED) is 0.640. The van der Waals surface area contributed by atoms with E-state index >= 15 is 0 Å². The summed E-state index contributed by atoms with van der Waals surface area (Å²) in [6.45, 7) is 2.71. The van der Waals surface area contributed by atoms with Crippen LogP contribution in [-0.2, 0) is 14.8 Å². The Morgan fingerprint density at radius 3 is 2.61 bits per heavy atom. The lowest BCUT2D eigenvalue weighted by atomic mass is 10.1. The molecule has 0 atom stereocenters. The van der Waals surface area contributed by atoms with Crippen molar-refractivity contribution in [2.45, 2.75) is 11.8 Å². The molecule has 0 saturated carbocycles. The molecule has 1 aromatic heterocycles. The fourth-order valence-corrected chi connectivity index (χ4v) is 4.91. The van der Waals surface area contributed by atoms with Gasteiger partial charge in [-0.15, -0.1) is 0 Å². The van der Waals surface area contributed by atoms with E-state index in [1.165, 1.54) is 10.4 Å². The SMILES string of the molecule is Cc1cc(=O)[nH]c2ccc(NC(=O)c3cc(S(=O)(=O)N4CCOCC4)ccc3F)cc12. The number of rotatable bonds is 4. The molecule has 3 aromatic rings. The van der Waals surface area contributed by atoms with Gasteiger partial charge in [-0.2, -0.15) is 4.31 Å². The summed E-state index contributed by atoms with van der Waals surface area (Å²) in [5, 5.41) is 3.32. The van der Waals surface area contributed by atoms with Gasteiger partial charge in [0.15, 0.2) is 0 Å². The first-order chi connectivity index (χ1) is 14.8. The number of sulfonamides is 1. The van der Waals surface area contributed by atoms with Gasteiger partial charge in [-0.3, -0.25) is 9.59 Å². The number of pyridine rings is 1. The minimum atomic E-state index is -3.87. The molecule has 31 heavy (non-hydrogen) atoms. The summed E-state index contributed by atoms with van der Waals surface area (Å²) in [4.78, 5) is 26.9. The van der Waals surface area contributed by atoms with Crippen LogP contribution in [0.25, 0.3) is 10.9 Å². The van der Waals surface area contributed by atoms with Crippen LogP contribution in [0.4, 0.5) is 10.1 Å². The number of aryl methyl sites for hydroxylation is 1. The Morgan fingerprint density at radius 2 is 1.87 bits per heavy atom. The molecule has 2 heterocycles. The van der Waals surface area contributed by atoms with Crippen LogP contribution in [0.5, 0.6) is 0 Å². The third-order valence-corrected chi connectivity index (χ3v) is 6.99. The highest BCUT2D eigenvalue weighted by molar-refractivity contribution is 7.89. The van der Waals surface area contributed by atoms with Gasteiger partial charge >= 0.3 is 0 Å². The Balaban J connectivity index is 1.64. The number of hydrogen-bond acceptors (Lipinski definition) is 5. The van der Waals surface area contributed by atoms with Crippen molar-refractivity contribution in [3.05, 3.63) is 69.8 Å². The third-order valence-electron chi connectivity index (χ3n) is 5.10. The smallest absolute Gasteiger partial charge is 0.258 e. The molecule has 4 rings (SSSR count). The Bertz CT molecular complexity index is 1330. The lowest BCUT2D eigenvalue weighted by Crippen LogP contribution is -2.40. The molecule has 8 nitrogen and oxygen atoms in total. The molecule has 0 aliphatic carbocycles. The topological polar surface area (TPSA) is 109 Å². The number of halogens is 1. The number of H-pyrrole nitrogens is 1. The second kappa shape index (κ2) is 8.22. The third kappa shape index (κ3) is 4.22. The highest BCUT2D eigenvalue weighted by Gasteiger charge is 2.28. The number of aromatic amines is 1. The van der Waals surface area contributed by atoms with Crippen LogP contribution < -0.4 is 10.9 Å². The lowest BCUT2D eigenvalue weighted by molar-refractivity contribution is 0.0730. The minimum Gasteiger partial charge on any atom is -0.379 e. The number of anilines is 1. The average molecular weight is 445 g/mol. The Labute approximate surface area is 177 Å².